The number of rotatable bonds is 1. The number of carbonyl (C=O) groups excluding carboxylic acids is 2. The summed E-state index contributed by atoms with van der Waals surface area (Å²) >= 11 is 5.75. The summed E-state index contributed by atoms with van der Waals surface area (Å²) in [6.45, 7) is 0. The first kappa shape index (κ1) is 8.97. The van der Waals surface area contributed by atoms with Crippen molar-refractivity contribution < 1.29 is 9.59 Å². The van der Waals surface area contributed by atoms with Gasteiger partial charge in [0.15, 0.2) is 0 Å². The maximum Gasteiger partial charge on any atom is 0.263 e. The smallest absolute Gasteiger partial charge is 0.263 e. The summed E-state index contributed by atoms with van der Waals surface area (Å²) in [4.78, 5) is 21.8. The number of hydrogen-bond acceptors (Lipinski definition) is 2. The average Bonchev–Trinajstić information content (AvgIpc) is 2.15. The Morgan fingerprint density at radius 1 is 1.21 bits per heavy atom. The predicted molar refractivity (Wildman–Crippen MR) is 52.6 cm³/mol. The van der Waals surface area contributed by atoms with Crippen molar-refractivity contribution in [3.8, 4) is 0 Å². The maximum atomic E-state index is 10.9. The Bertz CT molecular complexity index is 435. The number of halogens is 1. The average molecular weight is 208 g/mol. The van der Waals surface area contributed by atoms with E-state index in [9.17, 15) is 9.59 Å². The predicted octanol–water partition coefficient (Wildman–Crippen LogP) is 1.38. The molecule has 70 valence electrons. The third-order valence-electron chi connectivity index (χ3n) is 1.88. The van der Waals surface area contributed by atoms with Gasteiger partial charge in [-0.3, -0.25) is 14.9 Å². The van der Waals surface area contributed by atoms with Crippen LogP contribution in [0.15, 0.2) is 29.8 Å². The first-order valence-electron chi connectivity index (χ1n) is 4.00. The summed E-state index contributed by atoms with van der Waals surface area (Å²) < 4.78 is 0. The van der Waals surface area contributed by atoms with Gasteiger partial charge >= 0.3 is 0 Å². The Labute approximate surface area is 85.4 Å². The van der Waals surface area contributed by atoms with Gasteiger partial charge in [-0.15, -0.1) is 0 Å². The molecule has 1 N–H and O–H groups in total. The highest BCUT2D eigenvalue weighted by Crippen LogP contribution is 2.16. The van der Waals surface area contributed by atoms with Crippen LogP contribution in [0, 0.1) is 0 Å². The minimum absolute atomic E-state index is 0.173. The summed E-state index contributed by atoms with van der Waals surface area (Å²) in [6.07, 6.45) is 1.52. The Morgan fingerprint density at radius 2 is 1.93 bits per heavy atom. The molecule has 3 nitrogen and oxygen atoms in total. The summed E-state index contributed by atoms with van der Waals surface area (Å²) in [5, 5.41) is 2.69. The quantitative estimate of drug-likeness (QED) is 0.430. The van der Waals surface area contributed by atoms with Crippen molar-refractivity contribution in [2.45, 2.75) is 0 Å². The van der Waals surface area contributed by atoms with E-state index in [1.54, 1.807) is 24.3 Å². The van der Waals surface area contributed by atoms with Gasteiger partial charge in [0.1, 0.15) is 5.57 Å². The molecular weight excluding hydrogens is 202 g/mol. The van der Waals surface area contributed by atoms with Crippen molar-refractivity contribution >= 4 is 29.5 Å². The van der Waals surface area contributed by atoms with Crippen LogP contribution in [0.1, 0.15) is 5.56 Å². The van der Waals surface area contributed by atoms with Crippen LogP contribution >= 0.6 is 11.6 Å². The highest BCUT2D eigenvalue weighted by Gasteiger charge is 2.30. The first-order valence-corrected chi connectivity index (χ1v) is 4.37. The third-order valence-corrected chi connectivity index (χ3v) is 2.11. The van der Waals surface area contributed by atoms with Gasteiger partial charge in [0.25, 0.3) is 11.8 Å². The fourth-order valence-corrected chi connectivity index (χ4v) is 1.37. The number of nitrogens with one attached hydrogen (secondary N) is 1. The molecule has 2 rings (SSSR count). The Hall–Kier alpha value is -1.61. The summed E-state index contributed by atoms with van der Waals surface area (Å²) in [5.74, 6) is -0.676. The van der Waals surface area contributed by atoms with Gasteiger partial charge < -0.3 is 0 Å². The minimum Gasteiger partial charge on any atom is -0.288 e. The largest absolute Gasteiger partial charge is 0.288 e. The van der Waals surface area contributed by atoms with Crippen LogP contribution in [0.25, 0.3) is 6.08 Å². The molecule has 0 aliphatic carbocycles. The first-order chi connectivity index (χ1) is 6.66. The molecule has 1 aromatic carbocycles. The Balaban J connectivity index is 2.34. The summed E-state index contributed by atoms with van der Waals surface area (Å²) in [7, 11) is 0. The van der Waals surface area contributed by atoms with Gasteiger partial charge in [-0.2, -0.15) is 0 Å². The summed E-state index contributed by atoms with van der Waals surface area (Å²) in [5.41, 5.74) is 0.919. The molecule has 0 radical (unpaired) electrons. The fourth-order valence-electron chi connectivity index (χ4n) is 1.17. The van der Waals surface area contributed by atoms with Crippen molar-refractivity contribution in [2.24, 2.45) is 0 Å². The molecule has 1 aromatic rings. The van der Waals surface area contributed by atoms with E-state index >= 15 is 0 Å². The Morgan fingerprint density at radius 3 is 2.50 bits per heavy atom. The second-order valence-corrected chi connectivity index (χ2v) is 3.33. The second-order valence-electron chi connectivity index (χ2n) is 2.90. The van der Waals surface area contributed by atoms with E-state index in [1.807, 2.05) is 0 Å². The lowest BCUT2D eigenvalue weighted by molar-refractivity contribution is -0.134. The molecule has 0 bridgehead atoms. The molecular formula is C10H6ClNO2. The molecule has 1 fully saturated rings. The zero-order chi connectivity index (χ0) is 10.1. The normalized spacial score (nSPS) is 14.8. The highest BCUT2D eigenvalue weighted by atomic mass is 35.5. The number of benzene rings is 1. The standard InChI is InChI=1S/C10H6ClNO2/c11-7-3-1-2-6(4-7)5-8-9(13)12-10(8)14/h1-5H,(H,12,13,14). The van der Waals surface area contributed by atoms with E-state index in [0.29, 0.717) is 5.02 Å². The molecule has 1 saturated heterocycles. The molecule has 1 heterocycles. The molecule has 0 saturated carbocycles. The van der Waals surface area contributed by atoms with Crippen LogP contribution in [-0.4, -0.2) is 11.8 Å². The van der Waals surface area contributed by atoms with Crippen LogP contribution in [0.4, 0.5) is 0 Å². The minimum atomic E-state index is -0.338. The van der Waals surface area contributed by atoms with Crippen LogP contribution in [0.5, 0.6) is 0 Å². The van der Waals surface area contributed by atoms with Crippen LogP contribution in [0.3, 0.4) is 0 Å². The van der Waals surface area contributed by atoms with Gasteiger partial charge in [-0.05, 0) is 23.8 Å². The second kappa shape index (κ2) is 3.27. The van der Waals surface area contributed by atoms with Crippen LogP contribution in [0.2, 0.25) is 5.02 Å². The lowest BCUT2D eigenvalue weighted by Gasteiger charge is -2.15. The topological polar surface area (TPSA) is 46.2 Å². The molecule has 2 amide bonds. The monoisotopic (exact) mass is 207 g/mol. The fraction of sp³-hybridized carbons (Fsp3) is 0. The lowest BCUT2D eigenvalue weighted by atomic mass is 10.1. The van der Waals surface area contributed by atoms with Gasteiger partial charge in [-0.25, -0.2) is 0 Å². The highest BCUT2D eigenvalue weighted by molar-refractivity contribution is 6.36. The molecule has 0 atom stereocenters. The van der Waals surface area contributed by atoms with Gasteiger partial charge in [0.2, 0.25) is 0 Å². The lowest BCUT2D eigenvalue weighted by Crippen LogP contribution is -2.47. The van der Waals surface area contributed by atoms with Gasteiger partial charge in [-0.1, -0.05) is 23.7 Å². The van der Waals surface area contributed by atoms with E-state index in [4.69, 9.17) is 11.6 Å². The molecule has 1 aliphatic rings. The van der Waals surface area contributed by atoms with E-state index in [0.717, 1.165) is 5.56 Å². The van der Waals surface area contributed by atoms with Crippen LogP contribution < -0.4 is 5.32 Å². The number of amides is 2. The van der Waals surface area contributed by atoms with Crippen molar-refractivity contribution in [2.75, 3.05) is 0 Å². The molecule has 4 heteroatoms. The van der Waals surface area contributed by atoms with E-state index in [-0.39, 0.29) is 17.4 Å². The van der Waals surface area contributed by atoms with Crippen molar-refractivity contribution in [1.29, 1.82) is 0 Å². The van der Waals surface area contributed by atoms with E-state index in [2.05, 4.69) is 5.32 Å². The van der Waals surface area contributed by atoms with Gasteiger partial charge in [0, 0.05) is 5.02 Å². The van der Waals surface area contributed by atoms with Crippen molar-refractivity contribution in [3.05, 3.63) is 40.4 Å². The van der Waals surface area contributed by atoms with Crippen molar-refractivity contribution in [3.63, 3.8) is 0 Å². The molecule has 0 unspecified atom stereocenters. The zero-order valence-corrected chi connectivity index (χ0v) is 7.84. The SMILES string of the molecule is O=C1NC(=O)C1=Cc1cccc(Cl)c1. The molecule has 0 aromatic heterocycles. The molecule has 1 aliphatic heterocycles. The zero-order valence-electron chi connectivity index (χ0n) is 7.08. The molecule has 14 heavy (non-hydrogen) atoms. The number of β-lactam (4-membered cyclic amide) rings is 2. The summed E-state index contributed by atoms with van der Waals surface area (Å²) in [6, 6.07) is 6.95. The molecule has 0 spiro atoms. The maximum absolute atomic E-state index is 10.9. The van der Waals surface area contributed by atoms with E-state index < -0.39 is 0 Å². The van der Waals surface area contributed by atoms with E-state index in [1.165, 1.54) is 6.08 Å². The third kappa shape index (κ3) is 1.54. The van der Waals surface area contributed by atoms with Gasteiger partial charge in [0.05, 0.1) is 0 Å². The number of carbonyl (C=O) groups is 2. The van der Waals surface area contributed by atoms with Crippen molar-refractivity contribution in [1.82, 2.24) is 5.32 Å². The number of hydrogen-bond donors (Lipinski definition) is 1. The number of imide groups is 1. The Kier molecular flexibility index (Phi) is 2.09. The van der Waals surface area contributed by atoms with Crippen LogP contribution in [-0.2, 0) is 9.59 Å².